The molecule has 0 unspecified atom stereocenters. The third kappa shape index (κ3) is 3.62. The second-order valence-corrected chi connectivity index (χ2v) is 6.56. The van der Waals surface area contributed by atoms with E-state index in [1.165, 1.54) is 0 Å². The van der Waals surface area contributed by atoms with Crippen LogP contribution in [0.4, 0.5) is 0 Å². The zero-order valence-electron chi connectivity index (χ0n) is 13.1. The lowest BCUT2D eigenvalue weighted by Gasteiger charge is -2.18. The van der Waals surface area contributed by atoms with E-state index in [-0.39, 0.29) is 11.5 Å². The van der Waals surface area contributed by atoms with Gasteiger partial charge in [0.2, 0.25) is 0 Å². The largest absolute Gasteiger partial charge is 0.488 e. The Morgan fingerprint density at radius 2 is 2.30 bits per heavy atom. The zero-order chi connectivity index (χ0) is 16.4. The number of hydrogen-bond donors (Lipinski definition) is 2. The van der Waals surface area contributed by atoms with Gasteiger partial charge in [-0.25, -0.2) is 0 Å². The molecule has 0 saturated carbocycles. The first-order chi connectivity index (χ1) is 10.9. The molecule has 1 aliphatic heterocycles. The summed E-state index contributed by atoms with van der Waals surface area (Å²) in [6.45, 7) is 4.86. The van der Waals surface area contributed by atoms with Gasteiger partial charge in [-0.3, -0.25) is 4.79 Å². The second-order valence-electron chi connectivity index (χ2n) is 6.12. The molecular weight excluding hydrogens is 316 g/mol. The summed E-state index contributed by atoms with van der Waals surface area (Å²) in [6.07, 6.45) is 2.43. The molecule has 1 aromatic carbocycles. The van der Waals surface area contributed by atoms with Gasteiger partial charge in [-0.05, 0) is 26.0 Å². The summed E-state index contributed by atoms with van der Waals surface area (Å²) in [7, 11) is 0. The zero-order valence-corrected chi connectivity index (χ0v) is 13.9. The Kier molecular flexibility index (Phi) is 4.22. The van der Waals surface area contributed by atoms with E-state index in [0.717, 1.165) is 17.7 Å². The molecule has 0 fully saturated rings. The number of aromatic nitrogens is 1. The summed E-state index contributed by atoms with van der Waals surface area (Å²) in [4.78, 5) is 14.7. The number of rotatable bonds is 5. The summed E-state index contributed by atoms with van der Waals surface area (Å²) in [5.74, 6) is 1.31. The maximum atomic E-state index is 11.9. The first-order valence-corrected chi connectivity index (χ1v) is 7.88. The Bertz CT molecular complexity index is 724. The molecule has 122 valence electrons. The Labute approximate surface area is 139 Å². The number of benzene rings is 1. The van der Waals surface area contributed by atoms with E-state index in [2.05, 4.69) is 24.1 Å². The van der Waals surface area contributed by atoms with Crippen LogP contribution in [0, 0.1) is 0 Å². The fraction of sp³-hybridized carbons (Fsp3) is 0.353. The van der Waals surface area contributed by atoms with Crippen molar-refractivity contribution >= 4 is 17.5 Å². The van der Waals surface area contributed by atoms with Crippen LogP contribution in [-0.2, 0) is 6.42 Å². The predicted octanol–water partition coefficient (Wildman–Crippen LogP) is 3.19. The minimum absolute atomic E-state index is 0.205. The summed E-state index contributed by atoms with van der Waals surface area (Å²) < 4.78 is 11.7. The molecule has 0 spiro atoms. The van der Waals surface area contributed by atoms with Crippen LogP contribution >= 0.6 is 11.6 Å². The van der Waals surface area contributed by atoms with Gasteiger partial charge in [-0.2, -0.15) is 0 Å². The average Bonchev–Trinajstić information content (AvgIpc) is 3.05. The molecule has 1 amide bonds. The SMILES string of the molecule is CC1(C)Cc2cccc(OCCNC(=O)c3cc(Cl)c[nH]3)c2O1. The fourth-order valence-corrected chi connectivity index (χ4v) is 2.78. The summed E-state index contributed by atoms with van der Waals surface area (Å²) >= 11 is 5.77. The highest BCUT2D eigenvalue weighted by Gasteiger charge is 2.32. The van der Waals surface area contributed by atoms with E-state index in [9.17, 15) is 4.79 Å². The van der Waals surface area contributed by atoms with Crippen LogP contribution in [-0.4, -0.2) is 29.6 Å². The van der Waals surface area contributed by atoms with Crippen LogP contribution in [0.3, 0.4) is 0 Å². The predicted molar refractivity (Wildman–Crippen MR) is 88.5 cm³/mol. The molecule has 1 aliphatic rings. The van der Waals surface area contributed by atoms with E-state index in [4.69, 9.17) is 21.1 Å². The van der Waals surface area contributed by atoms with Crippen molar-refractivity contribution in [3.63, 3.8) is 0 Å². The number of fused-ring (bicyclic) bond motifs is 1. The number of halogens is 1. The highest BCUT2D eigenvalue weighted by Crippen LogP contribution is 2.41. The van der Waals surface area contributed by atoms with Crippen molar-refractivity contribution < 1.29 is 14.3 Å². The van der Waals surface area contributed by atoms with Gasteiger partial charge in [0, 0.05) is 18.2 Å². The van der Waals surface area contributed by atoms with Gasteiger partial charge in [-0.15, -0.1) is 0 Å². The van der Waals surface area contributed by atoms with E-state index in [0.29, 0.717) is 29.6 Å². The van der Waals surface area contributed by atoms with Crippen molar-refractivity contribution in [3.05, 3.63) is 46.7 Å². The molecule has 23 heavy (non-hydrogen) atoms. The lowest BCUT2D eigenvalue weighted by atomic mass is 10.0. The van der Waals surface area contributed by atoms with Crippen molar-refractivity contribution in [2.24, 2.45) is 0 Å². The van der Waals surface area contributed by atoms with Gasteiger partial charge < -0.3 is 19.8 Å². The van der Waals surface area contributed by atoms with E-state index in [1.807, 2.05) is 18.2 Å². The first-order valence-electron chi connectivity index (χ1n) is 7.50. The van der Waals surface area contributed by atoms with Gasteiger partial charge in [0.1, 0.15) is 17.9 Å². The summed E-state index contributed by atoms with van der Waals surface area (Å²) in [5, 5.41) is 3.28. The van der Waals surface area contributed by atoms with Crippen molar-refractivity contribution in [1.29, 1.82) is 0 Å². The van der Waals surface area contributed by atoms with E-state index >= 15 is 0 Å². The third-order valence-electron chi connectivity index (χ3n) is 3.59. The molecule has 3 rings (SSSR count). The van der Waals surface area contributed by atoms with Crippen molar-refractivity contribution in [1.82, 2.24) is 10.3 Å². The number of amides is 1. The molecule has 1 aromatic heterocycles. The second kappa shape index (κ2) is 6.16. The molecule has 0 atom stereocenters. The summed E-state index contributed by atoms with van der Waals surface area (Å²) in [6, 6.07) is 7.47. The number of carbonyl (C=O) groups is 1. The molecule has 0 saturated heterocycles. The number of aromatic amines is 1. The Balaban J connectivity index is 1.52. The quantitative estimate of drug-likeness (QED) is 0.825. The van der Waals surface area contributed by atoms with Crippen molar-refractivity contribution in [3.8, 4) is 11.5 Å². The maximum absolute atomic E-state index is 11.9. The Morgan fingerprint density at radius 3 is 3.04 bits per heavy atom. The normalized spacial score (nSPS) is 14.9. The highest BCUT2D eigenvalue weighted by molar-refractivity contribution is 6.30. The molecule has 0 radical (unpaired) electrons. The van der Waals surface area contributed by atoms with Crippen LogP contribution in [0.1, 0.15) is 29.9 Å². The first kappa shape index (κ1) is 15.7. The Morgan fingerprint density at radius 1 is 1.48 bits per heavy atom. The maximum Gasteiger partial charge on any atom is 0.267 e. The Hall–Kier alpha value is -2.14. The molecule has 0 bridgehead atoms. The van der Waals surface area contributed by atoms with Gasteiger partial charge in [0.25, 0.3) is 5.91 Å². The van der Waals surface area contributed by atoms with Gasteiger partial charge in [-0.1, -0.05) is 23.7 Å². The van der Waals surface area contributed by atoms with Crippen LogP contribution in [0.15, 0.2) is 30.5 Å². The van der Waals surface area contributed by atoms with Crippen LogP contribution < -0.4 is 14.8 Å². The number of nitrogens with one attached hydrogen (secondary N) is 2. The molecule has 6 heteroatoms. The minimum atomic E-state index is -0.212. The number of hydrogen-bond acceptors (Lipinski definition) is 3. The topological polar surface area (TPSA) is 63.3 Å². The van der Waals surface area contributed by atoms with Gasteiger partial charge >= 0.3 is 0 Å². The van der Waals surface area contributed by atoms with Crippen LogP contribution in [0.5, 0.6) is 11.5 Å². The lowest BCUT2D eigenvalue weighted by molar-refractivity contribution is 0.0942. The average molecular weight is 335 g/mol. The number of H-pyrrole nitrogens is 1. The number of carbonyl (C=O) groups excluding carboxylic acids is 1. The van der Waals surface area contributed by atoms with Crippen LogP contribution in [0.25, 0.3) is 0 Å². The highest BCUT2D eigenvalue weighted by atomic mass is 35.5. The van der Waals surface area contributed by atoms with Crippen molar-refractivity contribution in [2.75, 3.05) is 13.2 Å². The molecule has 2 heterocycles. The monoisotopic (exact) mass is 334 g/mol. The van der Waals surface area contributed by atoms with E-state index in [1.54, 1.807) is 12.3 Å². The standard InChI is InChI=1S/C17H19ClN2O3/c1-17(2)9-11-4-3-5-14(15(11)23-17)22-7-6-19-16(21)13-8-12(18)10-20-13/h3-5,8,10,20H,6-7,9H2,1-2H3,(H,19,21). The van der Waals surface area contributed by atoms with Crippen LogP contribution in [0.2, 0.25) is 5.02 Å². The molecule has 2 N–H and O–H groups in total. The lowest BCUT2D eigenvalue weighted by Crippen LogP contribution is -2.28. The molecule has 5 nitrogen and oxygen atoms in total. The minimum Gasteiger partial charge on any atom is -0.488 e. The molecular formula is C17H19ClN2O3. The smallest absolute Gasteiger partial charge is 0.267 e. The van der Waals surface area contributed by atoms with Gasteiger partial charge in [0.15, 0.2) is 11.5 Å². The summed E-state index contributed by atoms with van der Waals surface area (Å²) in [5.41, 5.74) is 1.38. The van der Waals surface area contributed by atoms with Crippen molar-refractivity contribution in [2.45, 2.75) is 25.9 Å². The van der Waals surface area contributed by atoms with E-state index < -0.39 is 0 Å². The van der Waals surface area contributed by atoms with Gasteiger partial charge in [0.05, 0.1) is 11.6 Å². The number of ether oxygens (including phenoxy) is 2. The molecule has 2 aromatic rings. The third-order valence-corrected chi connectivity index (χ3v) is 3.81. The molecule has 0 aliphatic carbocycles. The number of para-hydroxylation sites is 1. The fourth-order valence-electron chi connectivity index (χ4n) is 2.62.